The molecule has 0 spiro atoms. The molecule has 1 heterocycles. The van der Waals surface area contributed by atoms with Crippen molar-refractivity contribution in [2.75, 3.05) is 6.61 Å². The summed E-state index contributed by atoms with van der Waals surface area (Å²) in [7, 11) is 0. The highest BCUT2D eigenvalue weighted by atomic mass is 19.4. The fourth-order valence-electron chi connectivity index (χ4n) is 1.49. The van der Waals surface area contributed by atoms with Crippen molar-refractivity contribution in [2.45, 2.75) is 45.1 Å². The second-order valence-electron chi connectivity index (χ2n) is 3.99. The average molecular weight is 266 g/mol. The molecule has 0 aliphatic carbocycles. The summed E-state index contributed by atoms with van der Waals surface area (Å²) >= 11 is 0. The third-order valence-electron chi connectivity index (χ3n) is 2.42. The summed E-state index contributed by atoms with van der Waals surface area (Å²) in [6.07, 6.45) is 0.303. The maximum absolute atomic E-state index is 12.4. The lowest BCUT2D eigenvalue weighted by Gasteiger charge is -2.23. The van der Waals surface area contributed by atoms with Crippen LogP contribution in [0.4, 0.5) is 13.2 Å². The van der Waals surface area contributed by atoms with Crippen LogP contribution in [-0.2, 0) is 9.47 Å². The van der Waals surface area contributed by atoms with Crippen LogP contribution in [0.2, 0.25) is 0 Å². The Morgan fingerprint density at radius 2 is 2.06 bits per heavy atom. The molecular formula is C12H17F3O3. The lowest BCUT2D eigenvalue weighted by molar-refractivity contribution is -0.178. The number of hydrogen-bond donors (Lipinski definition) is 1. The van der Waals surface area contributed by atoms with E-state index in [1.165, 1.54) is 6.08 Å². The van der Waals surface area contributed by atoms with E-state index in [-0.39, 0.29) is 0 Å². The van der Waals surface area contributed by atoms with Crippen LogP contribution in [0, 0.1) is 0 Å². The van der Waals surface area contributed by atoms with E-state index < -0.39 is 24.0 Å². The lowest BCUT2D eigenvalue weighted by atomic mass is 10.2. The third kappa shape index (κ3) is 4.60. The fraction of sp³-hybridized carbons (Fsp3) is 0.667. The Morgan fingerprint density at radius 1 is 1.33 bits per heavy atom. The van der Waals surface area contributed by atoms with Gasteiger partial charge in [0, 0.05) is 0 Å². The number of hydrogen-bond acceptors (Lipinski definition) is 3. The normalized spacial score (nSPS) is 20.1. The zero-order chi connectivity index (χ0) is 13.6. The van der Waals surface area contributed by atoms with E-state index in [1.807, 2.05) is 0 Å². The van der Waals surface area contributed by atoms with Gasteiger partial charge in [0.15, 0.2) is 5.76 Å². The van der Waals surface area contributed by atoms with Crippen LogP contribution >= 0.6 is 0 Å². The van der Waals surface area contributed by atoms with Gasteiger partial charge in [0.2, 0.25) is 12.0 Å². The zero-order valence-electron chi connectivity index (χ0n) is 10.2. The molecule has 18 heavy (non-hydrogen) atoms. The first-order chi connectivity index (χ1) is 8.45. The molecule has 0 radical (unpaired) electrons. The summed E-state index contributed by atoms with van der Waals surface area (Å²) in [6, 6.07) is 0. The van der Waals surface area contributed by atoms with Gasteiger partial charge in [0.1, 0.15) is 0 Å². The van der Waals surface area contributed by atoms with Gasteiger partial charge in [-0.2, -0.15) is 13.2 Å². The Morgan fingerprint density at radius 3 is 2.67 bits per heavy atom. The van der Waals surface area contributed by atoms with Crippen molar-refractivity contribution in [3.05, 3.63) is 23.7 Å². The van der Waals surface area contributed by atoms with Crippen molar-refractivity contribution in [1.82, 2.24) is 0 Å². The molecule has 1 aliphatic heterocycles. The first kappa shape index (κ1) is 14.9. The number of aliphatic hydroxyl groups excluding tert-OH is 1. The number of rotatable bonds is 6. The molecule has 104 valence electrons. The smallest absolute Gasteiger partial charge is 0.452 e. The number of ether oxygens (including phenoxy) is 2. The van der Waals surface area contributed by atoms with Gasteiger partial charge >= 0.3 is 6.18 Å². The molecule has 0 saturated carbocycles. The number of alkyl halides is 3. The summed E-state index contributed by atoms with van der Waals surface area (Å²) in [5, 5.41) is 9.06. The van der Waals surface area contributed by atoms with E-state index in [2.05, 4.69) is 11.7 Å². The van der Waals surface area contributed by atoms with Crippen LogP contribution < -0.4 is 0 Å². The quantitative estimate of drug-likeness (QED) is 0.742. The van der Waals surface area contributed by atoms with E-state index in [0.717, 1.165) is 31.8 Å². The summed E-state index contributed by atoms with van der Waals surface area (Å²) in [5.74, 6) is -2.32. The van der Waals surface area contributed by atoms with Crippen molar-refractivity contribution >= 4 is 0 Å². The van der Waals surface area contributed by atoms with Gasteiger partial charge < -0.3 is 14.6 Å². The van der Waals surface area contributed by atoms with E-state index in [1.54, 1.807) is 0 Å². The van der Waals surface area contributed by atoms with E-state index in [4.69, 9.17) is 9.84 Å². The number of aliphatic hydroxyl groups is 1. The van der Waals surface area contributed by atoms with Crippen LogP contribution in [-0.4, -0.2) is 24.2 Å². The minimum Gasteiger partial charge on any atom is -0.504 e. The van der Waals surface area contributed by atoms with Crippen molar-refractivity contribution < 1.29 is 27.8 Å². The van der Waals surface area contributed by atoms with Gasteiger partial charge in [-0.25, -0.2) is 0 Å². The minimum absolute atomic E-state index is 0.334. The molecule has 1 rings (SSSR count). The monoisotopic (exact) mass is 266 g/mol. The van der Waals surface area contributed by atoms with E-state index in [9.17, 15) is 13.2 Å². The Labute approximate surface area is 104 Å². The zero-order valence-corrected chi connectivity index (χ0v) is 10.2. The van der Waals surface area contributed by atoms with Gasteiger partial charge in [-0.15, -0.1) is 0 Å². The van der Waals surface area contributed by atoms with Crippen LogP contribution in [0.1, 0.15) is 32.6 Å². The second-order valence-corrected chi connectivity index (χ2v) is 3.99. The SMILES string of the molecule is CCCCCCOC1C=CC(O)=C(C(F)(F)F)O1. The van der Waals surface area contributed by atoms with Crippen molar-refractivity contribution in [2.24, 2.45) is 0 Å². The number of unbranched alkanes of at least 4 members (excludes halogenated alkanes) is 3. The standard InChI is InChI=1S/C12H17F3O3/c1-2-3-4-5-8-17-10-7-6-9(16)11(18-10)12(13,14)15/h6-7,10,16H,2-5,8H2,1H3. The van der Waals surface area contributed by atoms with Crippen LogP contribution in [0.5, 0.6) is 0 Å². The Balaban J connectivity index is 2.38. The van der Waals surface area contributed by atoms with Gasteiger partial charge in [-0.3, -0.25) is 0 Å². The molecule has 0 aromatic heterocycles. The van der Waals surface area contributed by atoms with E-state index >= 15 is 0 Å². The molecule has 0 bridgehead atoms. The highest BCUT2D eigenvalue weighted by Gasteiger charge is 2.41. The largest absolute Gasteiger partial charge is 0.504 e. The van der Waals surface area contributed by atoms with Crippen LogP contribution in [0.25, 0.3) is 0 Å². The van der Waals surface area contributed by atoms with Crippen LogP contribution in [0.15, 0.2) is 23.7 Å². The molecule has 1 atom stereocenters. The molecular weight excluding hydrogens is 249 g/mol. The highest BCUT2D eigenvalue weighted by Crippen LogP contribution is 2.32. The van der Waals surface area contributed by atoms with Gasteiger partial charge in [-0.1, -0.05) is 26.2 Å². The number of allylic oxidation sites excluding steroid dienone is 2. The van der Waals surface area contributed by atoms with Crippen molar-refractivity contribution in [3.63, 3.8) is 0 Å². The molecule has 0 fully saturated rings. The maximum atomic E-state index is 12.4. The number of halogens is 3. The topological polar surface area (TPSA) is 38.7 Å². The second kappa shape index (κ2) is 6.68. The Hall–Kier alpha value is -1.17. The molecule has 0 amide bonds. The summed E-state index contributed by atoms with van der Waals surface area (Å²) in [5.41, 5.74) is 0. The highest BCUT2D eigenvalue weighted by molar-refractivity contribution is 5.22. The van der Waals surface area contributed by atoms with Gasteiger partial charge in [0.05, 0.1) is 6.61 Å². The van der Waals surface area contributed by atoms with E-state index in [0.29, 0.717) is 6.61 Å². The predicted molar refractivity (Wildman–Crippen MR) is 59.8 cm³/mol. The first-order valence-corrected chi connectivity index (χ1v) is 5.92. The molecule has 0 aromatic carbocycles. The van der Waals surface area contributed by atoms with Crippen LogP contribution in [0.3, 0.4) is 0 Å². The van der Waals surface area contributed by atoms with Crippen molar-refractivity contribution in [1.29, 1.82) is 0 Å². The molecule has 1 N–H and O–H groups in total. The predicted octanol–water partition coefficient (Wildman–Crippen LogP) is 3.83. The Kier molecular flexibility index (Phi) is 5.53. The maximum Gasteiger partial charge on any atom is 0.452 e. The van der Waals surface area contributed by atoms with Crippen molar-refractivity contribution in [3.8, 4) is 0 Å². The molecule has 0 aromatic rings. The molecule has 3 nitrogen and oxygen atoms in total. The van der Waals surface area contributed by atoms with Gasteiger partial charge in [0.25, 0.3) is 0 Å². The Bertz CT molecular complexity index is 321. The average Bonchev–Trinajstić information content (AvgIpc) is 2.29. The molecule has 0 saturated heterocycles. The third-order valence-corrected chi connectivity index (χ3v) is 2.42. The first-order valence-electron chi connectivity index (χ1n) is 5.92. The molecule has 1 unspecified atom stereocenters. The summed E-state index contributed by atoms with van der Waals surface area (Å²) < 4.78 is 47.0. The minimum atomic E-state index is -4.71. The lowest BCUT2D eigenvalue weighted by Crippen LogP contribution is -2.26. The molecule has 6 heteroatoms. The fourth-order valence-corrected chi connectivity index (χ4v) is 1.49. The van der Waals surface area contributed by atoms with Gasteiger partial charge in [-0.05, 0) is 18.6 Å². The molecule has 1 aliphatic rings. The summed E-state index contributed by atoms with van der Waals surface area (Å²) in [6.45, 7) is 2.40. The summed E-state index contributed by atoms with van der Waals surface area (Å²) in [4.78, 5) is 0.